The first kappa shape index (κ1) is 16.3. The largest absolute Gasteiger partial charge is 0.454 e. The number of halogens is 2. The Hall–Kier alpha value is -3.10. The Morgan fingerprint density at radius 3 is 2.74 bits per heavy atom. The van der Waals surface area contributed by atoms with Crippen molar-refractivity contribution in [2.45, 2.75) is 13.3 Å². The van der Waals surface area contributed by atoms with Crippen LogP contribution in [-0.2, 0) is 4.79 Å². The zero-order valence-electron chi connectivity index (χ0n) is 11.9. The van der Waals surface area contributed by atoms with Crippen molar-refractivity contribution in [3.05, 3.63) is 52.2 Å². The van der Waals surface area contributed by atoms with Crippen LogP contribution in [0.1, 0.15) is 13.3 Å². The predicted molar refractivity (Wildman–Crippen MR) is 76.2 cm³/mol. The number of carbonyl (C=O) groups is 1. The molecule has 0 saturated carbocycles. The number of nitrogens with zero attached hydrogens (tertiary/aromatic N) is 2. The second-order valence-electron chi connectivity index (χ2n) is 4.37. The van der Waals surface area contributed by atoms with E-state index in [1.165, 1.54) is 18.3 Å². The molecule has 120 valence electrons. The molecule has 0 aliphatic carbocycles. The summed E-state index contributed by atoms with van der Waals surface area (Å²) >= 11 is 0. The van der Waals surface area contributed by atoms with E-state index in [2.05, 4.69) is 10.3 Å². The topological polar surface area (TPSA) is 94.4 Å². The number of amides is 1. The van der Waals surface area contributed by atoms with E-state index in [1.54, 1.807) is 6.92 Å². The predicted octanol–water partition coefficient (Wildman–Crippen LogP) is 3.41. The van der Waals surface area contributed by atoms with Crippen LogP contribution in [0.2, 0.25) is 0 Å². The van der Waals surface area contributed by atoms with Crippen LogP contribution in [0.3, 0.4) is 0 Å². The molecule has 0 bridgehead atoms. The summed E-state index contributed by atoms with van der Waals surface area (Å²) in [5.41, 5.74) is -0.986. The summed E-state index contributed by atoms with van der Waals surface area (Å²) < 4.78 is 32.4. The highest BCUT2D eigenvalue weighted by atomic mass is 19.1. The highest BCUT2D eigenvalue weighted by molar-refractivity contribution is 5.89. The minimum atomic E-state index is -1.22. The van der Waals surface area contributed by atoms with E-state index < -0.39 is 28.0 Å². The van der Waals surface area contributed by atoms with Gasteiger partial charge in [-0.15, -0.1) is 0 Å². The monoisotopic (exact) mass is 323 g/mol. The van der Waals surface area contributed by atoms with Gasteiger partial charge in [-0.3, -0.25) is 14.9 Å². The molecule has 1 heterocycles. The zero-order valence-corrected chi connectivity index (χ0v) is 11.9. The molecule has 1 N–H and O–H groups in total. The molecule has 7 nitrogen and oxygen atoms in total. The van der Waals surface area contributed by atoms with Crippen LogP contribution in [0.5, 0.6) is 11.5 Å². The maximum Gasteiger partial charge on any atom is 0.307 e. The second-order valence-corrected chi connectivity index (χ2v) is 4.37. The van der Waals surface area contributed by atoms with E-state index in [4.69, 9.17) is 4.74 Å². The van der Waals surface area contributed by atoms with Crippen LogP contribution < -0.4 is 10.1 Å². The number of nitro benzene ring substituents is 1. The molecular weight excluding hydrogens is 312 g/mol. The maximum absolute atomic E-state index is 13.8. The highest BCUT2D eigenvalue weighted by Gasteiger charge is 2.19. The number of hydrogen-bond donors (Lipinski definition) is 1. The lowest BCUT2D eigenvalue weighted by molar-refractivity contribution is -0.387. The normalized spacial score (nSPS) is 10.2. The number of ether oxygens (including phenoxy) is 1. The Kier molecular flexibility index (Phi) is 4.79. The van der Waals surface area contributed by atoms with Crippen LogP contribution in [-0.4, -0.2) is 15.8 Å². The summed E-state index contributed by atoms with van der Waals surface area (Å²) in [4.78, 5) is 24.7. The molecule has 0 aliphatic heterocycles. The fourth-order valence-corrected chi connectivity index (χ4v) is 1.64. The van der Waals surface area contributed by atoms with E-state index in [1.807, 2.05) is 0 Å². The first-order valence-electron chi connectivity index (χ1n) is 6.48. The smallest absolute Gasteiger partial charge is 0.307 e. The number of nitro groups is 1. The van der Waals surface area contributed by atoms with Crippen molar-refractivity contribution in [2.75, 3.05) is 5.32 Å². The number of rotatable bonds is 5. The summed E-state index contributed by atoms with van der Waals surface area (Å²) in [6.45, 7) is 1.66. The summed E-state index contributed by atoms with van der Waals surface area (Å²) in [5.74, 6) is -2.85. The van der Waals surface area contributed by atoms with E-state index in [0.717, 1.165) is 0 Å². The summed E-state index contributed by atoms with van der Waals surface area (Å²) in [6.07, 6.45) is 1.55. The third-order valence-corrected chi connectivity index (χ3v) is 2.75. The Morgan fingerprint density at radius 2 is 2.09 bits per heavy atom. The van der Waals surface area contributed by atoms with Crippen molar-refractivity contribution < 1.29 is 23.2 Å². The van der Waals surface area contributed by atoms with E-state index in [9.17, 15) is 23.7 Å². The summed E-state index contributed by atoms with van der Waals surface area (Å²) in [6, 6.07) is 3.69. The van der Waals surface area contributed by atoms with Crippen LogP contribution in [0, 0.1) is 21.7 Å². The third kappa shape index (κ3) is 3.96. The van der Waals surface area contributed by atoms with E-state index >= 15 is 0 Å². The SMILES string of the molecule is CCC(=O)Nc1cc(Oc2cc(F)c([N+](=O)[O-])cc2F)ccn1. The van der Waals surface area contributed by atoms with Crippen molar-refractivity contribution in [1.29, 1.82) is 0 Å². The molecular formula is C14H11F2N3O4. The van der Waals surface area contributed by atoms with Gasteiger partial charge in [0.1, 0.15) is 11.6 Å². The number of aromatic nitrogens is 1. The first-order chi connectivity index (χ1) is 10.9. The van der Waals surface area contributed by atoms with Crippen molar-refractivity contribution in [3.63, 3.8) is 0 Å². The lowest BCUT2D eigenvalue weighted by atomic mass is 10.2. The number of benzene rings is 1. The lowest BCUT2D eigenvalue weighted by Gasteiger charge is -2.09. The molecule has 23 heavy (non-hydrogen) atoms. The number of pyridine rings is 1. The average Bonchev–Trinajstić information content (AvgIpc) is 2.50. The molecule has 9 heteroatoms. The van der Waals surface area contributed by atoms with Crippen molar-refractivity contribution in [3.8, 4) is 11.5 Å². The van der Waals surface area contributed by atoms with Crippen LogP contribution in [0.4, 0.5) is 20.3 Å². The van der Waals surface area contributed by atoms with E-state index in [-0.39, 0.29) is 23.9 Å². The van der Waals surface area contributed by atoms with Gasteiger partial charge in [0.2, 0.25) is 11.7 Å². The maximum atomic E-state index is 13.8. The van der Waals surface area contributed by atoms with Crippen molar-refractivity contribution >= 4 is 17.4 Å². The highest BCUT2D eigenvalue weighted by Crippen LogP contribution is 2.30. The fraction of sp³-hybridized carbons (Fsp3) is 0.143. The van der Waals surface area contributed by atoms with Gasteiger partial charge >= 0.3 is 5.69 Å². The first-order valence-corrected chi connectivity index (χ1v) is 6.48. The Labute approximate surface area is 129 Å². The molecule has 2 aromatic rings. The Morgan fingerprint density at radius 1 is 1.35 bits per heavy atom. The number of carbonyl (C=O) groups excluding carboxylic acids is 1. The molecule has 2 rings (SSSR count). The van der Waals surface area contributed by atoms with E-state index in [0.29, 0.717) is 12.1 Å². The second kappa shape index (κ2) is 6.77. The minimum Gasteiger partial charge on any atom is -0.454 e. The molecule has 1 amide bonds. The van der Waals surface area contributed by atoms with Crippen molar-refractivity contribution in [2.24, 2.45) is 0 Å². The number of hydrogen-bond acceptors (Lipinski definition) is 5. The molecule has 0 spiro atoms. The molecule has 0 unspecified atom stereocenters. The molecule has 1 aromatic heterocycles. The molecule has 0 aliphatic rings. The van der Waals surface area contributed by atoms with Crippen LogP contribution in [0.15, 0.2) is 30.5 Å². The van der Waals surface area contributed by atoms with Crippen molar-refractivity contribution in [1.82, 2.24) is 4.98 Å². The summed E-state index contributed by atoms with van der Waals surface area (Å²) in [5, 5.41) is 13.0. The standard InChI is InChI=1S/C14H11F2N3O4/c1-2-14(20)18-13-5-8(3-4-17-13)23-12-7-9(15)11(19(21)22)6-10(12)16/h3-7H,2H2,1H3,(H,17,18,20). The van der Waals surface area contributed by atoms with Gasteiger partial charge in [-0.1, -0.05) is 6.92 Å². The van der Waals surface area contributed by atoms with Gasteiger partial charge in [0.05, 0.1) is 11.0 Å². The number of anilines is 1. The van der Waals surface area contributed by atoms with Gasteiger partial charge in [0.25, 0.3) is 0 Å². The van der Waals surface area contributed by atoms with Gasteiger partial charge in [-0.25, -0.2) is 9.37 Å². The van der Waals surface area contributed by atoms with Crippen LogP contribution >= 0.6 is 0 Å². The lowest BCUT2D eigenvalue weighted by Crippen LogP contribution is -2.10. The average molecular weight is 323 g/mol. The Balaban J connectivity index is 2.26. The molecule has 0 atom stereocenters. The molecule has 0 saturated heterocycles. The quantitative estimate of drug-likeness (QED) is 0.672. The Bertz CT molecular complexity index is 768. The van der Waals surface area contributed by atoms with Gasteiger partial charge in [-0.2, -0.15) is 4.39 Å². The fourth-order valence-electron chi connectivity index (χ4n) is 1.64. The van der Waals surface area contributed by atoms with Gasteiger partial charge in [-0.05, 0) is 6.07 Å². The van der Waals surface area contributed by atoms with Gasteiger partial charge < -0.3 is 10.1 Å². The zero-order chi connectivity index (χ0) is 17.0. The molecule has 0 radical (unpaired) electrons. The molecule has 0 fully saturated rings. The van der Waals surface area contributed by atoms with Crippen LogP contribution in [0.25, 0.3) is 0 Å². The number of nitrogens with one attached hydrogen (secondary N) is 1. The van der Waals surface area contributed by atoms with Gasteiger partial charge in [0.15, 0.2) is 11.6 Å². The third-order valence-electron chi connectivity index (χ3n) is 2.75. The summed E-state index contributed by atoms with van der Waals surface area (Å²) in [7, 11) is 0. The van der Waals surface area contributed by atoms with Gasteiger partial charge in [0, 0.05) is 24.8 Å². The molecule has 1 aromatic carbocycles. The minimum absolute atomic E-state index is 0.0820.